The smallest absolute Gasteiger partial charge is 0.323 e. The summed E-state index contributed by atoms with van der Waals surface area (Å²) in [6, 6.07) is -0.524. The van der Waals surface area contributed by atoms with Gasteiger partial charge in [-0.15, -0.1) is 0 Å². The highest BCUT2D eigenvalue weighted by molar-refractivity contribution is 5.74. The first-order valence-electron chi connectivity index (χ1n) is 6.32. The molecular weight excluding hydrogens is 220 g/mol. The van der Waals surface area contributed by atoms with Crippen LogP contribution in [0.25, 0.3) is 0 Å². The molecule has 0 aromatic heterocycles. The number of carbonyl (C=O) groups is 1. The third kappa shape index (κ3) is 3.94. The minimum atomic E-state index is -0.789. The second-order valence-corrected chi connectivity index (χ2v) is 4.60. The Bertz CT molecular complexity index is 240. The van der Waals surface area contributed by atoms with Crippen molar-refractivity contribution in [3.05, 3.63) is 0 Å². The first kappa shape index (κ1) is 14.4. The molecular formula is C12H24N2O3. The monoisotopic (exact) mass is 244 g/mol. The molecule has 2 unspecified atom stereocenters. The average molecular weight is 244 g/mol. The van der Waals surface area contributed by atoms with Crippen LogP contribution in [0.4, 0.5) is 0 Å². The van der Waals surface area contributed by atoms with Crippen LogP contribution in [0.15, 0.2) is 0 Å². The maximum atomic E-state index is 11.3. The van der Waals surface area contributed by atoms with Gasteiger partial charge in [0.2, 0.25) is 0 Å². The van der Waals surface area contributed by atoms with E-state index in [0.29, 0.717) is 0 Å². The van der Waals surface area contributed by atoms with E-state index in [0.717, 1.165) is 39.1 Å². The Hall–Kier alpha value is -0.650. The van der Waals surface area contributed by atoms with Crippen molar-refractivity contribution in [2.24, 2.45) is 0 Å². The van der Waals surface area contributed by atoms with Gasteiger partial charge in [-0.3, -0.25) is 9.69 Å². The number of carboxylic acids is 1. The van der Waals surface area contributed by atoms with Crippen LogP contribution >= 0.6 is 0 Å². The van der Waals surface area contributed by atoms with Gasteiger partial charge >= 0.3 is 5.97 Å². The second kappa shape index (κ2) is 6.93. The largest absolute Gasteiger partial charge is 0.480 e. The second-order valence-electron chi connectivity index (χ2n) is 4.60. The van der Waals surface area contributed by atoms with Crippen molar-refractivity contribution >= 4 is 5.97 Å². The lowest BCUT2D eigenvalue weighted by Crippen LogP contribution is -2.56. The van der Waals surface area contributed by atoms with Gasteiger partial charge in [-0.25, -0.2) is 0 Å². The Morgan fingerprint density at radius 2 is 1.94 bits per heavy atom. The molecule has 0 amide bonds. The average Bonchev–Trinajstić information content (AvgIpc) is 2.31. The van der Waals surface area contributed by atoms with Crippen molar-refractivity contribution in [2.75, 3.05) is 39.8 Å². The van der Waals surface area contributed by atoms with E-state index < -0.39 is 12.0 Å². The molecule has 17 heavy (non-hydrogen) atoms. The Morgan fingerprint density at radius 3 is 2.35 bits per heavy atom. The fourth-order valence-corrected chi connectivity index (χ4v) is 2.36. The van der Waals surface area contributed by atoms with E-state index in [-0.39, 0.29) is 6.10 Å². The van der Waals surface area contributed by atoms with Gasteiger partial charge in [-0.05, 0) is 19.9 Å². The molecule has 0 aliphatic carbocycles. The molecule has 1 fully saturated rings. The summed E-state index contributed by atoms with van der Waals surface area (Å²) >= 11 is 0. The molecule has 5 heteroatoms. The number of hydrogen-bond acceptors (Lipinski definition) is 4. The van der Waals surface area contributed by atoms with Crippen LogP contribution in [-0.2, 0) is 9.53 Å². The molecule has 0 saturated carbocycles. The fraction of sp³-hybridized carbons (Fsp3) is 0.917. The van der Waals surface area contributed by atoms with Gasteiger partial charge in [0.05, 0.1) is 6.10 Å². The van der Waals surface area contributed by atoms with Gasteiger partial charge < -0.3 is 14.7 Å². The molecule has 1 aliphatic heterocycles. The molecule has 1 aliphatic rings. The van der Waals surface area contributed by atoms with Crippen molar-refractivity contribution in [3.63, 3.8) is 0 Å². The van der Waals surface area contributed by atoms with Crippen molar-refractivity contribution in [1.29, 1.82) is 0 Å². The van der Waals surface area contributed by atoms with Gasteiger partial charge in [0.1, 0.15) is 6.04 Å². The molecule has 1 rings (SSSR count). The number of nitrogens with zero attached hydrogens (tertiary/aromatic N) is 2. The number of ether oxygens (including phenoxy) is 1. The highest BCUT2D eigenvalue weighted by atomic mass is 16.5. The van der Waals surface area contributed by atoms with E-state index in [2.05, 4.69) is 11.8 Å². The van der Waals surface area contributed by atoms with Gasteiger partial charge in [-0.2, -0.15) is 0 Å². The predicted octanol–water partition coefficient (Wildman–Crippen LogP) is 0.502. The summed E-state index contributed by atoms with van der Waals surface area (Å²) in [5.74, 6) is -0.789. The lowest BCUT2D eigenvalue weighted by molar-refractivity contribution is -0.149. The van der Waals surface area contributed by atoms with Crippen LogP contribution in [0.3, 0.4) is 0 Å². The third-order valence-corrected chi connectivity index (χ3v) is 3.41. The summed E-state index contributed by atoms with van der Waals surface area (Å²) < 4.78 is 5.17. The van der Waals surface area contributed by atoms with E-state index in [4.69, 9.17) is 4.74 Å². The number of rotatable bonds is 6. The molecule has 1 heterocycles. The summed E-state index contributed by atoms with van der Waals surface area (Å²) in [5.41, 5.74) is 0. The van der Waals surface area contributed by atoms with Crippen molar-refractivity contribution in [3.8, 4) is 0 Å². The molecule has 1 N–H and O–H groups in total. The Balaban J connectivity index is 2.52. The van der Waals surface area contributed by atoms with Gasteiger partial charge in [0.25, 0.3) is 0 Å². The molecule has 100 valence electrons. The van der Waals surface area contributed by atoms with Crippen LogP contribution < -0.4 is 0 Å². The van der Waals surface area contributed by atoms with E-state index in [1.165, 1.54) is 0 Å². The molecule has 0 aromatic rings. The number of piperazine rings is 1. The summed E-state index contributed by atoms with van der Waals surface area (Å²) in [4.78, 5) is 15.7. The highest BCUT2D eigenvalue weighted by Gasteiger charge is 2.33. The molecule has 0 aromatic carbocycles. The predicted molar refractivity (Wildman–Crippen MR) is 66.2 cm³/mol. The van der Waals surface area contributed by atoms with Crippen LogP contribution in [0, 0.1) is 0 Å². The zero-order chi connectivity index (χ0) is 12.8. The molecule has 0 bridgehead atoms. The first-order chi connectivity index (χ1) is 8.10. The van der Waals surface area contributed by atoms with Crippen LogP contribution in [0.5, 0.6) is 0 Å². The molecule has 0 spiro atoms. The van der Waals surface area contributed by atoms with E-state index in [1.54, 1.807) is 7.11 Å². The highest BCUT2D eigenvalue weighted by Crippen LogP contribution is 2.12. The standard InChI is InChI=1S/C12H24N2O3/c1-4-5-13-6-8-14(9-7-13)11(12(15)16)10(2)17-3/h10-11H,4-9H2,1-3H3,(H,15,16). The Morgan fingerprint density at radius 1 is 1.35 bits per heavy atom. The van der Waals surface area contributed by atoms with Crippen molar-refractivity contribution in [1.82, 2.24) is 9.80 Å². The van der Waals surface area contributed by atoms with Crippen molar-refractivity contribution < 1.29 is 14.6 Å². The molecule has 2 atom stereocenters. The van der Waals surface area contributed by atoms with Gasteiger partial charge in [0.15, 0.2) is 0 Å². The van der Waals surface area contributed by atoms with Gasteiger partial charge in [0, 0.05) is 33.3 Å². The minimum absolute atomic E-state index is 0.273. The summed E-state index contributed by atoms with van der Waals surface area (Å²) in [5, 5.41) is 9.26. The quantitative estimate of drug-likeness (QED) is 0.737. The lowest BCUT2D eigenvalue weighted by Gasteiger charge is -2.39. The fourth-order valence-electron chi connectivity index (χ4n) is 2.36. The molecule has 1 saturated heterocycles. The normalized spacial score (nSPS) is 22.3. The third-order valence-electron chi connectivity index (χ3n) is 3.41. The number of methoxy groups -OCH3 is 1. The van der Waals surface area contributed by atoms with E-state index >= 15 is 0 Å². The maximum Gasteiger partial charge on any atom is 0.323 e. The molecule has 0 radical (unpaired) electrons. The zero-order valence-corrected chi connectivity index (χ0v) is 11.1. The lowest BCUT2D eigenvalue weighted by atomic mass is 10.1. The first-order valence-corrected chi connectivity index (χ1v) is 6.32. The maximum absolute atomic E-state index is 11.3. The summed E-state index contributed by atoms with van der Waals surface area (Å²) in [6.45, 7) is 8.61. The number of aliphatic carboxylic acids is 1. The Kier molecular flexibility index (Phi) is 5.88. The van der Waals surface area contributed by atoms with Crippen molar-refractivity contribution in [2.45, 2.75) is 32.4 Å². The number of carboxylic acid groups (broad SMARTS) is 1. The molecule has 5 nitrogen and oxygen atoms in total. The van der Waals surface area contributed by atoms with E-state index in [1.807, 2.05) is 11.8 Å². The SMILES string of the molecule is CCCN1CCN(C(C(=O)O)C(C)OC)CC1. The van der Waals surface area contributed by atoms with E-state index in [9.17, 15) is 9.90 Å². The van der Waals surface area contributed by atoms with Gasteiger partial charge in [-0.1, -0.05) is 6.92 Å². The number of hydrogen-bond donors (Lipinski definition) is 1. The zero-order valence-electron chi connectivity index (χ0n) is 11.1. The minimum Gasteiger partial charge on any atom is -0.480 e. The van der Waals surface area contributed by atoms with Crippen LogP contribution in [0.2, 0.25) is 0 Å². The van der Waals surface area contributed by atoms with Crippen LogP contribution in [0.1, 0.15) is 20.3 Å². The summed E-state index contributed by atoms with van der Waals surface area (Å²) in [7, 11) is 1.56. The summed E-state index contributed by atoms with van der Waals surface area (Å²) in [6.07, 6.45) is 0.877. The topological polar surface area (TPSA) is 53.0 Å². The van der Waals surface area contributed by atoms with Crippen LogP contribution in [-0.4, -0.2) is 72.9 Å². The Labute approximate surface area is 103 Å².